The summed E-state index contributed by atoms with van der Waals surface area (Å²) in [4.78, 5) is 34.5. The molecule has 1 amide bonds. The SMILES string of the molecule is CN(C(=O)CCCNc1ccc([N+](=O)[O-])cc1)c1ccc(OCC(=O)O)cc1. The molecule has 0 aliphatic heterocycles. The third-order valence-corrected chi connectivity index (χ3v) is 3.94. The molecule has 9 heteroatoms. The van der Waals surface area contributed by atoms with Crippen molar-refractivity contribution in [2.24, 2.45) is 0 Å². The number of nitro groups is 1. The van der Waals surface area contributed by atoms with Crippen molar-refractivity contribution in [2.75, 3.05) is 30.4 Å². The molecule has 0 saturated carbocycles. The molecule has 148 valence electrons. The number of non-ortho nitro benzene ring substituents is 1. The lowest BCUT2D eigenvalue weighted by Gasteiger charge is -2.18. The molecule has 0 fully saturated rings. The van der Waals surface area contributed by atoms with Crippen molar-refractivity contribution in [3.63, 3.8) is 0 Å². The summed E-state index contributed by atoms with van der Waals surface area (Å²) in [6.07, 6.45) is 0.924. The Morgan fingerprint density at radius 1 is 1.14 bits per heavy atom. The van der Waals surface area contributed by atoms with Crippen LogP contribution in [0.2, 0.25) is 0 Å². The molecule has 0 unspecified atom stereocenters. The number of carboxylic acid groups (broad SMARTS) is 1. The standard InChI is InChI=1S/C19H21N3O6/c1-21(15-8-10-17(11-9-15)28-13-19(24)25)18(23)3-2-12-20-14-4-6-16(7-5-14)22(26)27/h4-11,20H,2-3,12-13H2,1H3,(H,24,25). The van der Waals surface area contributed by atoms with Gasteiger partial charge in [-0.2, -0.15) is 0 Å². The monoisotopic (exact) mass is 387 g/mol. The van der Waals surface area contributed by atoms with Crippen molar-refractivity contribution in [2.45, 2.75) is 12.8 Å². The summed E-state index contributed by atoms with van der Waals surface area (Å²) < 4.78 is 5.06. The van der Waals surface area contributed by atoms with E-state index in [1.807, 2.05) is 0 Å². The summed E-state index contributed by atoms with van der Waals surface area (Å²) in [5, 5.41) is 22.3. The predicted molar refractivity (Wildman–Crippen MR) is 104 cm³/mol. The van der Waals surface area contributed by atoms with E-state index in [-0.39, 0.29) is 11.6 Å². The van der Waals surface area contributed by atoms with Crippen LogP contribution in [0.5, 0.6) is 5.75 Å². The van der Waals surface area contributed by atoms with Crippen molar-refractivity contribution in [3.05, 3.63) is 58.6 Å². The van der Waals surface area contributed by atoms with Crippen LogP contribution in [-0.2, 0) is 9.59 Å². The summed E-state index contributed by atoms with van der Waals surface area (Å²) in [7, 11) is 1.67. The molecule has 0 spiro atoms. The van der Waals surface area contributed by atoms with Crippen LogP contribution in [0.3, 0.4) is 0 Å². The second kappa shape index (κ2) is 9.91. The Bertz CT molecular complexity index is 821. The van der Waals surface area contributed by atoms with Crippen molar-refractivity contribution in [1.29, 1.82) is 0 Å². The molecule has 0 bridgehead atoms. The number of anilines is 2. The quantitative estimate of drug-likeness (QED) is 0.365. The van der Waals surface area contributed by atoms with E-state index in [1.165, 1.54) is 17.0 Å². The summed E-state index contributed by atoms with van der Waals surface area (Å²) >= 11 is 0. The van der Waals surface area contributed by atoms with Crippen LogP contribution >= 0.6 is 0 Å². The zero-order valence-corrected chi connectivity index (χ0v) is 15.3. The summed E-state index contributed by atoms with van der Waals surface area (Å²) in [5.74, 6) is -0.706. The zero-order chi connectivity index (χ0) is 20.5. The van der Waals surface area contributed by atoms with Crippen LogP contribution in [0, 0.1) is 10.1 Å². The maximum absolute atomic E-state index is 12.3. The maximum atomic E-state index is 12.3. The molecule has 2 N–H and O–H groups in total. The fourth-order valence-corrected chi connectivity index (χ4v) is 2.40. The van der Waals surface area contributed by atoms with E-state index in [4.69, 9.17) is 9.84 Å². The van der Waals surface area contributed by atoms with Crippen LogP contribution in [0.15, 0.2) is 48.5 Å². The Morgan fingerprint density at radius 3 is 2.36 bits per heavy atom. The Morgan fingerprint density at radius 2 is 1.79 bits per heavy atom. The summed E-state index contributed by atoms with van der Waals surface area (Å²) in [6, 6.07) is 12.7. The second-order valence-corrected chi connectivity index (χ2v) is 5.96. The molecule has 0 saturated heterocycles. The number of nitrogens with one attached hydrogen (secondary N) is 1. The number of amides is 1. The normalized spacial score (nSPS) is 10.2. The summed E-state index contributed by atoms with van der Waals surface area (Å²) in [6.45, 7) is 0.134. The second-order valence-electron chi connectivity index (χ2n) is 5.96. The first kappa shape index (κ1) is 20.7. The van der Waals surface area contributed by atoms with Gasteiger partial charge in [0.1, 0.15) is 5.75 Å². The minimum atomic E-state index is -1.06. The van der Waals surface area contributed by atoms with Crippen molar-refractivity contribution < 1.29 is 24.4 Å². The van der Waals surface area contributed by atoms with Gasteiger partial charge in [0.05, 0.1) is 4.92 Å². The highest BCUT2D eigenvalue weighted by Crippen LogP contribution is 2.19. The van der Waals surface area contributed by atoms with Gasteiger partial charge in [-0.05, 0) is 42.8 Å². The Balaban J connectivity index is 1.76. The first-order valence-corrected chi connectivity index (χ1v) is 8.56. The fraction of sp³-hybridized carbons (Fsp3) is 0.263. The smallest absolute Gasteiger partial charge is 0.341 e. The van der Waals surface area contributed by atoms with E-state index < -0.39 is 17.5 Å². The predicted octanol–water partition coefficient (Wildman–Crippen LogP) is 2.91. The lowest BCUT2D eigenvalue weighted by Crippen LogP contribution is -2.26. The number of hydrogen-bond donors (Lipinski definition) is 2. The van der Waals surface area contributed by atoms with Gasteiger partial charge in [0.2, 0.25) is 5.91 Å². The highest BCUT2D eigenvalue weighted by atomic mass is 16.6. The third-order valence-electron chi connectivity index (χ3n) is 3.94. The lowest BCUT2D eigenvalue weighted by atomic mass is 10.2. The molecule has 0 atom stereocenters. The fourth-order valence-electron chi connectivity index (χ4n) is 2.40. The van der Waals surface area contributed by atoms with Gasteiger partial charge < -0.3 is 20.1 Å². The third kappa shape index (κ3) is 6.27. The first-order chi connectivity index (χ1) is 13.4. The average Bonchev–Trinajstić information content (AvgIpc) is 2.69. The molecule has 0 aromatic heterocycles. The minimum Gasteiger partial charge on any atom is -0.482 e. The largest absolute Gasteiger partial charge is 0.482 e. The van der Waals surface area contributed by atoms with Gasteiger partial charge in [-0.3, -0.25) is 14.9 Å². The van der Waals surface area contributed by atoms with Crippen LogP contribution in [0.1, 0.15) is 12.8 Å². The Kier molecular flexibility index (Phi) is 7.32. The molecule has 0 heterocycles. The molecular formula is C19H21N3O6. The number of benzene rings is 2. The Hall–Kier alpha value is -3.62. The average molecular weight is 387 g/mol. The van der Waals surface area contributed by atoms with Crippen LogP contribution in [0.25, 0.3) is 0 Å². The van der Waals surface area contributed by atoms with Crippen LogP contribution in [-0.4, -0.2) is 42.1 Å². The zero-order valence-electron chi connectivity index (χ0n) is 15.3. The molecule has 9 nitrogen and oxygen atoms in total. The number of carboxylic acids is 1. The minimum absolute atomic E-state index is 0.0294. The topological polar surface area (TPSA) is 122 Å². The molecule has 0 radical (unpaired) electrons. The van der Waals surface area contributed by atoms with Gasteiger partial charge in [0.25, 0.3) is 5.69 Å². The molecule has 2 aromatic carbocycles. The van der Waals surface area contributed by atoms with E-state index in [0.29, 0.717) is 30.8 Å². The van der Waals surface area contributed by atoms with Crippen molar-refractivity contribution >= 4 is 28.9 Å². The molecular weight excluding hydrogens is 366 g/mol. The maximum Gasteiger partial charge on any atom is 0.341 e. The number of carbonyl (C=O) groups is 2. The van der Waals surface area contributed by atoms with Gasteiger partial charge in [0.15, 0.2) is 6.61 Å². The van der Waals surface area contributed by atoms with E-state index in [1.54, 1.807) is 43.4 Å². The van der Waals surface area contributed by atoms with Crippen LogP contribution < -0.4 is 15.0 Å². The highest BCUT2D eigenvalue weighted by molar-refractivity contribution is 5.92. The Labute approximate surface area is 161 Å². The number of nitro benzene ring substituents is 1. The molecule has 0 aliphatic rings. The van der Waals surface area contributed by atoms with Crippen molar-refractivity contribution in [3.8, 4) is 5.75 Å². The molecule has 28 heavy (non-hydrogen) atoms. The number of ether oxygens (including phenoxy) is 1. The van der Waals surface area contributed by atoms with Gasteiger partial charge in [-0.1, -0.05) is 0 Å². The van der Waals surface area contributed by atoms with Crippen molar-refractivity contribution in [1.82, 2.24) is 0 Å². The first-order valence-electron chi connectivity index (χ1n) is 8.56. The number of carbonyl (C=O) groups excluding carboxylic acids is 1. The number of nitrogens with zero attached hydrogens (tertiary/aromatic N) is 2. The van der Waals surface area contributed by atoms with Gasteiger partial charge in [0, 0.05) is 43.5 Å². The number of aliphatic carboxylic acids is 1. The summed E-state index contributed by atoms with van der Waals surface area (Å²) in [5.41, 5.74) is 1.46. The lowest BCUT2D eigenvalue weighted by molar-refractivity contribution is -0.384. The number of hydrogen-bond acceptors (Lipinski definition) is 6. The van der Waals surface area contributed by atoms with Gasteiger partial charge >= 0.3 is 5.97 Å². The van der Waals surface area contributed by atoms with Gasteiger partial charge in [-0.15, -0.1) is 0 Å². The van der Waals surface area contributed by atoms with Crippen LogP contribution in [0.4, 0.5) is 17.1 Å². The number of rotatable bonds is 10. The highest BCUT2D eigenvalue weighted by Gasteiger charge is 2.11. The van der Waals surface area contributed by atoms with E-state index >= 15 is 0 Å². The van der Waals surface area contributed by atoms with E-state index in [9.17, 15) is 19.7 Å². The van der Waals surface area contributed by atoms with E-state index in [0.717, 1.165) is 5.69 Å². The molecule has 2 aromatic rings. The molecule has 2 rings (SSSR count). The van der Waals surface area contributed by atoms with E-state index in [2.05, 4.69) is 5.32 Å². The van der Waals surface area contributed by atoms with Gasteiger partial charge in [-0.25, -0.2) is 4.79 Å². The molecule has 0 aliphatic carbocycles.